The van der Waals surface area contributed by atoms with Crippen LogP contribution in [0.4, 0.5) is 5.82 Å². The number of thioether (sulfide) groups is 1. The lowest BCUT2D eigenvalue weighted by Gasteiger charge is -2.22. The van der Waals surface area contributed by atoms with E-state index in [1.54, 1.807) is 0 Å². The van der Waals surface area contributed by atoms with Crippen molar-refractivity contribution in [3.05, 3.63) is 17.6 Å². The van der Waals surface area contributed by atoms with Crippen molar-refractivity contribution in [1.82, 2.24) is 9.97 Å². The summed E-state index contributed by atoms with van der Waals surface area (Å²) in [5, 5.41) is 3.35. The Kier molecular flexibility index (Phi) is 3.97. The number of hydrogen-bond acceptors (Lipinski definition) is 4. The van der Waals surface area contributed by atoms with Crippen LogP contribution < -0.4 is 5.32 Å². The summed E-state index contributed by atoms with van der Waals surface area (Å²) in [5.74, 6) is 1.74. The van der Waals surface area contributed by atoms with Gasteiger partial charge in [0.2, 0.25) is 0 Å². The zero-order valence-electron chi connectivity index (χ0n) is 10.1. The standard InChI is InChI=1S/C11H19N3S/c1-8-6-10(14-9(2)13-8)12-7-11(3,4)15-5/h6H,7H2,1-5H3,(H,12,13,14). The molecular formula is C11H19N3S. The Morgan fingerprint density at radius 1 is 1.33 bits per heavy atom. The van der Waals surface area contributed by atoms with Crippen molar-refractivity contribution in [2.45, 2.75) is 32.4 Å². The second-order valence-corrected chi connectivity index (χ2v) is 5.77. The third-order valence-electron chi connectivity index (χ3n) is 2.21. The zero-order chi connectivity index (χ0) is 11.5. The molecule has 0 saturated heterocycles. The van der Waals surface area contributed by atoms with Crippen LogP contribution in [0, 0.1) is 13.8 Å². The molecular weight excluding hydrogens is 206 g/mol. The molecule has 1 aromatic heterocycles. The van der Waals surface area contributed by atoms with Crippen LogP contribution >= 0.6 is 11.8 Å². The van der Waals surface area contributed by atoms with Gasteiger partial charge in [-0.05, 0) is 34.0 Å². The third kappa shape index (κ3) is 4.08. The minimum Gasteiger partial charge on any atom is -0.369 e. The molecule has 0 atom stereocenters. The summed E-state index contributed by atoms with van der Waals surface area (Å²) >= 11 is 1.85. The van der Waals surface area contributed by atoms with E-state index in [1.807, 2.05) is 31.7 Å². The summed E-state index contributed by atoms with van der Waals surface area (Å²) in [6, 6.07) is 1.98. The van der Waals surface area contributed by atoms with Gasteiger partial charge < -0.3 is 5.32 Å². The highest BCUT2D eigenvalue weighted by atomic mass is 32.2. The molecule has 84 valence electrons. The summed E-state index contributed by atoms with van der Waals surface area (Å²) in [6.07, 6.45) is 2.12. The van der Waals surface area contributed by atoms with Crippen LogP contribution in [-0.2, 0) is 0 Å². The van der Waals surface area contributed by atoms with Crippen LogP contribution in [0.3, 0.4) is 0 Å². The van der Waals surface area contributed by atoms with Crippen molar-refractivity contribution in [3.8, 4) is 0 Å². The van der Waals surface area contributed by atoms with E-state index in [4.69, 9.17) is 0 Å². The SMILES string of the molecule is CSC(C)(C)CNc1cc(C)nc(C)n1. The van der Waals surface area contributed by atoms with E-state index in [9.17, 15) is 0 Å². The van der Waals surface area contributed by atoms with Gasteiger partial charge in [-0.3, -0.25) is 0 Å². The first kappa shape index (κ1) is 12.3. The van der Waals surface area contributed by atoms with Crippen LogP contribution in [0.5, 0.6) is 0 Å². The largest absolute Gasteiger partial charge is 0.369 e. The van der Waals surface area contributed by atoms with E-state index in [1.165, 1.54) is 0 Å². The van der Waals surface area contributed by atoms with Crippen LogP contribution in [0.25, 0.3) is 0 Å². The lowest BCUT2D eigenvalue weighted by atomic mass is 10.2. The third-order valence-corrected chi connectivity index (χ3v) is 3.46. The maximum atomic E-state index is 4.34. The van der Waals surface area contributed by atoms with E-state index in [2.05, 4.69) is 35.4 Å². The fraction of sp³-hybridized carbons (Fsp3) is 0.636. The van der Waals surface area contributed by atoms with E-state index in [0.717, 1.165) is 23.9 Å². The summed E-state index contributed by atoms with van der Waals surface area (Å²) in [6.45, 7) is 9.23. The Labute approximate surface area is 96.1 Å². The molecule has 1 N–H and O–H groups in total. The number of hydrogen-bond donors (Lipinski definition) is 1. The van der Waals surface area contributed by atoms with Gasteiger partial charge in [0.25, 0.3) is 0 Å². The minimum atomic E-state index is 0.229. The predicted octanol–water partition coefficient (Wildman–Crippen LogP) is 2.65. The molecule has 15 heavy (non-hydrogen) atoms. The van der Waals surface area contributed by atoms with E-state index in [-0.39, 0.29) is 4.75 Å². The number of nitrogens with one attached hydrogen (secondary N) is 1. The Morgan fingerprint density at radius 2 is 2.00 bits per heavy atom. The highest BCUT2D eigenvalue weighted by Crippen LogP contribution is 2.21. The number of rotatable bonds is 4. The topological polar surface area (TPSA) is 37.8 Å². The maximum Gasteiger partial charge on any atom is 0.129 e. The molecule has 0 unspecified atom stereocenters. The average molecular weight is 225 g/mol. The fourth-order valence-corrected chi connectivity index (χ4v) is 1.40. The number of aromatic nitrogens is 2. The van der Waals surface area contributed by atoms with Crippen molar-refractivity contribution in [1.29, 1.82) is 0 Å². The van der Waals surface area contributed by atoms with Gasteiger partial charge in [-0.25, -0.2) is 9.97 Å². The fourth-order valence-electron chi connectivity index (χ4n) is 1.18. The van der Waals surface area contributed by atoms with Gasteiger partial charge in [-0.1, -0.05) is 0 Å². The molecule has 0 amide bonds. The highest BCUT2D eigenvalue weighted by molar-refractivity contribution is 7.99. The number of nitrogens with zero attached hydrogens (tertiary/aromatic N) is 2. The van der Waals surface area contributed by atoms with Crippen molar-refractivity contribution in [2.75, 3.05) is 18.1 Å². The lowest BCUT2D eigenvalue weighted by molar-refractivity contribution is 0.748. The first-order chi connectivity index (χ1) is 6.93. The van der Waals surface area contributed by atoms with Gasteiger partial charge in [-0.2, -0.15) is 11.8 Å². The maximum absolute atomic E-state index is 4.34. The molecule has 0 fully saturated rings. The van der Waals surface area contributed by atoms with E-state index in [0.29, 0.717) is 0 Å². The molecule has 1 rings (SSSR count). The molecule has 0 radical (unpaired) electrons. The molecule has 0 aliphatic carbocycles. The number of anilines is 1. The van der Waals surface area contributed by atoms with Gasteiger partial charge in [0.15, 0.2) is 0 Å². The molecule has 1 aromatic rings. The van der Waals surface area contributed by atoms with Crippen molar-refractivity contribution in [3.63, 3.8) is 0 Å². The van der Waals surface area contributed by atoms with Gasteiger partial charge in [-0.15, -0.1) is 0 Å². The smallest absolute Gasteiger partial charge is 0.129 e. The van der Waals surface area contributed by atoms with Gasteiger partial charge >= 0.3 is 0 Å². The molecule has 0 aliphatic heterocycles. The normalized spacial score (nSPS) is 11.5. The van der Waals surface area contributed by atoms with Crippen LogP contribution in [0.2, 0.25) is 0 Å². The summed E-state index contributed by atoms with van der Waals surface area (Å²) in [7, 11) is 0. The van der Waals surface area contributed by atoms with Crippen LogP contribution in [0.1, 0.15) is 25.4 Å². The molecule has 0 aromatic carbocycles. The predicted molar refractivity (Wildman–Crippen MR) is 67.6 cm³/mol. The Morgan fingerprint density at radius 3 is 2.53 bits per heavy atom. The Balaban J connectivity index is 2.65. The quantitative estimate of drug-likeness (QED) is 0.855. The molecule has 1 heterocycles. The lowest BCUT2D eigenvalue weighted by Crippen LogP contribution is -2.26. The summed E-state index contributed by atoms with van der Waals surface area (Å²) in [4.78, 5) is 8.58. The van der Waals surface area contributed by atoms with Crippen molar-refractivity contribution >= 4 is 17.6 Å². The second kappa shape index (κ2) is 4.84. The molecule has 3 nitrogen and oxygen atoms in total. The number of aryl methyl sites for hydroxylation is 2. The van der Waals surface area contributed by atoms with Gasteiger partial charge in [0.05, 0.1) is 0 Å². The van der Waals surface area contributed by atoms with Crippen molar-refractivity contribution < 1.29 is 0 Å². The zero-order valence-corrected chi connectivity index (χ0v) is 10.9. The van der Waals surface area contributed by atoms with Gasteiger partial charge in [0, 0.05) is 23.1 Å². The highest BCUT2D eigenvalue weighted by Gasteiger charge is 2.15. The molecule has 0 bridgehead atoms. The molecule has 0 spiro atoms. The molecule has 4 heteroatoms. The summed E-state index contributed by atoms with van der Waals surface area (Å²) in [5.41, 5.74) is 1.01. The molecule has 0 saturated carbocycles. The van der Waals surface area contributed by atoms with Crippen LogP contribution in [-0.4, -0.2) is 27.5 Å². The van der Waals surface area contributed by atoms with Gasteiger partial charge in [0.1, 0.15) is 11.6 Å². The Hall–Kier alpha value is -0.770. The second-order valence-electron chi connectivity index (χ2n) is 4.26. The molecule has 0 aliphatic rings. The first-order valence-electron chi connectivity index (χ1n) is 5.04. The average Bonchev–Trinajstić information content (AvgIpc) is 2.14. The van der Waals surface area contributed by atoms with Crippen LogP contribution in [0.15, 0.2) is 6.07 Å². The minimum absolute atomic E-state index is 0.229. The Bertz CT molecular complexity index is 316. The van der Waals surface area contributed by atoms with E-state index < -0.39 is 0 Å². The van der Waals surface area contributed by atoms with Crippen molar-refractivity contribution in [2.24, 2.45) is 0 Å². The monoisotopic (exact) mass is 225 g/mol. The first-order valence-corrected chi connectivity index (χ1v) is 6.27. The van der Waals surface area contributed by atoms with E-state index >= 15 is 0 Å². The summed E-state index contributed by atoms with van der Waals surface area (Å²) < 4.78 is 0.229.